The first-order chi connectivity index (χ1) is 16.0. The molecule has 164 valence electrons. The molecule has 0 bridgehead atoms. The number of halogens is 1. The van der Waals surface area contributed by atoms with Gasteiger partial charge in [0.2, 0.25) is 5.90 Å². The number of benzene rings is 3. The van der Waals surface area contributed by atoms with Crippen LogP contribution in [0.3, 0.4) is 0 Å². The number of fused-ring (bicyclic) bond motifs is 1. The van der Waals surface area contributed by atoms with Gasteiger partial charge in [0.1, 0.15) is 12.4 Å². The van der Waals surface area contributed by atoms with Crippen molar-refractivity contribution in [2.45, 2.75) is 13.5 Å². The van der Waals surface area contributed by atoms with Crippen LogP contribution in [0, 0.1) is 10.8 Å². The summed E-state index contributed by atoms with van der Waals surface area (Å²) in [4.78, 5) is 4.63. The number of nitrogens with zero attached hydrogens (tertiary/aromatic N) is 1. The number of aromatic nitrogens is 1. The first-order valence-corrected chi connectivity index (χ1v) is 10.7. The van der Waals surface area contributed by atoms with Crippen molar-refractivity contribution >= 4 is 45.9 Å². The SMILES string of the molecule is CC(=N)OC(=N)C(=Cc1ccc(Cl)cc1)c1ccc(OCc2ccc3ccccc3n2)cc1. The Morgan fingerprint density at radius 3 is 2.36 bits per heavy atom. The summed E-state index contributed by atoms with van der Waals surface area (Å²) in [7, 11) is 0. The molecule has 0 radical (unpaired) electrons. The van der Waals surface area contributed by atoms with Crippen molar-refractivity contribution in [2.75, 3.05) is 0 Å². The Labute approximate surface area is 197 Å². The maximum atomic E-state index is 8.32. The van der Waals surface area contributed by atoms with E-state index in [9.17, 15) is 0 Å². The van der Waals surface area contributed by atoms with Crippen LogP contribution in [0.2, 0.25) is 5.02 Å². The van der Waals surface area contributed by atoms with Gasteiger partial charge in [0.15, 0.2) is 5.90 Å². The van der Waals surface area contributed by atoms with E-state index in [1.807, 2.05) is 78.9 Å². The summed E-state index contributed by atoms with van der Waals surface area (Å²) < 4.78 is 11.2. The van der Waals surface area contributed by atoms with Crippen LogP contribution in [0.4, 0.5) is 0 Å². The zero-order valence-electron chi connectivity index (χ0n) is 18.0. The smallest absolute Gasteiger partial charge is 0.221 e. The van der Waals surface area contributed by atoms with Crippen LogP contribution < -0.4 is 4.74 Å². The summed E-state index contributed by atoms with van der Waals surface area (Å²) in [5, 5.41) is 17.6. The summed E-state index contributed by atoms with van der Waals surface area (Å²) >= 11 is 5.98. The minimum atomic E-state index is -0.105. The van der Waals surface area contributed by atoms with Gasteiger partial charge in [-0.05, 0) is 53.6 Å². The van der Waals surface area contributed by atoms with Crippen molar-refractivity contribution < 1.29 is 9.47 Å². The fourth-order valence-electron chi connectivity index (χ4n) is 3.29. The highest BCUT2D eigenvalue weighted by Crippen LogP contribution is 2.24. The van der Waals surface area contributed by atoms with Gasteiger partial charge in [-0.25, -0.2) is 4.98 Å². The van der Waals surface area contributed by atoms with Crippen LogP contribution in [-0.4, -0.2) is 16.8 Å². The molecule has 0 saturated heterocycles. The topological polar surface area (TPSA) is 79.0 Å². The van der Waals surface area contributed by atoms with E-state index in [2.05, 4.69) is 4.98 Å². The lowest BCUT2D eigenvalue weighted by Crippen LogP contribution is -2.09. The Morgan fingerprint density at radius 2 is 1.64 bits per heavy atom. The highest BCUT2D eigenvalue weighted by atomic mass is 35.5. The molecule has 4 aromatic rings. The molecule has 0 aliphatic carbocycles. The molecule has 33 heavy (non-hydrogen) atoms. The fraction of sp³-hybridized carbons (Fsp3) is 0.0741. The van der Waals surface area contributed by atoms with Crippen LogP contribution in [0.25, 0.3) is 22.6 Å². The second-order valence-corrected chi connectivity index (χ2v) is 7.84. The van der Waals surface area contributed by atoms with Crippen molar-refractivity contribution in [3.63, 3.8) is 0 Å². The van der Waals surface area contributed by atoms with Crippen LogP contribution in [0.1, 0.15) is 23.7 Å². The highest BCUT2D eigenvalue weighted by molar-refractivity contribution is 6.30. The van der Waals surface area contributed by atoms with Gasteiger partial charge in [0.25, 0.3) is 0 Å². The molecule has 0 fully saturated rings. The summed E-state index contributed by atoms with van der Waals surface area (Å²) in [5.74, 6) is 0.534. The normalized spacial score (nSPS) is 11.3. The van der Waals surface area contributed by atoms with Crippen LogP contribution in [0.15, 0.2) is 84.9 Å². The van der Waals surface area contributed by atoms with Gasteiger partial charge in [-0.2, -0.15) is 0 Å². The molecule has 5 nitrogen and oxygen atoms in total. The third kappa shape index (κ3) is 5.84. The molecule has 0 spiro atoms. The molecule has 0 unspecified atom stereocenters. The number of hydrogen-bond acceptors (Lipinski definition) is 5. The Morgan fingerprint density at radius 1 is 0.909 bits per heavy atom. The van der Waals surface area contributed by atoms with Crippen molar-refractivity contribution in [3.05, 3.63) is 107 Å². The molecule has 2 N–H and O–H groups in total. The molecular weight excluding hydrogens is 434 g/mol. The number of nitrogens with one attached hydrogen (secondary N) is 2. The van der Waals surface area contributed by atoms with Crippen molar-refractivity contribution in [2.24, 2.45) is 0 Å². The average molecular weight is 456 g/mol. The summed E-state index contributed by atoms with van der Waals surface area (Å²) in [6.07, 6.45) is 1.83. The summed E-state index contributed by atoms with van der Waals surface area (Å²) in [6, 6.07) is 26.7. The van der Waals surface area contributed by atoms with Gasteiger partial charge >= 0.3 is 0 Å². The Bertz CT molecular complexity index is 1330. The average Bonchev–Trinajstić information content (AvgIpc) is 2.82. The zero-order valence-corrected chi connectivity index (χ0v) is 18.8. The third-order valence-corrected chi connectivity index (χ3v) is 5.14. The predicted octanol–water partition coefficient (Wildman–Crippen LogP) is 7.00. The van der Waals surface area contributed by atoms with Gasteiger partial charge in [-0.15, -0.1) is 0 Å². The molecule has 0 aliphatic rings. The van der Waals surface area contributed by atoms with E-state index in [4.69, 9.17) is 31.9 Å². The van der Waals surface area contributed by atoms with E-state index < -0.39 is 0 Å². The molecule has 1 heterocycles. The van der Waals surface area contributed by atoms with E-state index in [1.165, 1.54) is 6.92 Å². The molecule has 1 aromatic heterocycles. The fourth-order valence-corrected chi connectivity index (χ4v) is 3.42. The lowest BCUT2D eigenvalue weighted by atomic mass is 10.0. The lowest BCUT2D eigenvalue weighted by Gasteiger charge is -2.12. The quantitative estimate of drug-likeness (QED) is 0.186. The summed E-state index contributed by atoms with van der Waals surface area (Å²) in [6.45, 7) is 1.84. The Kier molecular flexibility index (Phi) is 6.81. The number of para-hydroxylation sites is 1. The molecule has 0 amide bonds. The Hall–Kier alpha value is -3.96. The van der Waals surface area contributed by atoms with Crippen molar-refractivity contribution in [3.8, 4) is 5.75 Å². The van der Waals surface area contributed by atoms with E-state index in [1.54, 1.807) is 12.1 Å². The summed E-state index contributed by atoms with van der Waals surface area (Å²) in [5.41, 5.74) is 3.97. The van der Waals surface area contributed by atoms with Crippen molar-refractivity contribution in [1.82, 2.24) is 4.98 Å². The number of ether oxygens (including phenoxy) is 2. The molecule has 0 atom stereocenters. The van der Waals surface area contributed by atoms with E-state index >= 15 is 0 Å². The minimum Gasteiger partial charge on any atom is -0.487 e. The molecule has 0 aliphatic heterocycles. The zero-order chi connectivity index (χ0) is 23.2. The van der Waals surface area contributed by atoms with Gasteiger partial charge in [-0.1, -0.05) is 60.1 Å². The number of rotatable bonds is 6. The number of pyridine rings is 1. The molecule has 4 rings (SSSR count). The maximum Gasteiger partial charge on any atom is 0.221 e. The first kappa shape index (κ1) is 22.2. The standard InChI is InChI=1S/C27H22ClN3O2/c1-18(29)33-27(30)25(16-19-6-11-22(28)12-7-19)20-9-14-24(15-10-20)32-17-23-13-8-21-4-2-3-5-26(21)31-23/h2-16,29-30H,17H2,1H3. The number of hydrogen-bond donors (Lipinski definition) is 2. The third-order valence-electron chi connectivity index (χ3n) is 4.89. The molecule has 6 heteroatoms. The molecule has 0 saturated carbocycles. The second-order valence-electron chi connectivity index (χ2n) is 7.41. The first-order valence-electron chi connectivity index (χ1n) is 10.3. The van der Waals surface area contributed by atoms with Gasteiger partial charge in [0.05, 0.1) is 11.2 Å². The van der Waals surface area contributed by atoms with Crippen molar-refractivity contribution in [1.29, 1.82) is 10.8 Å². The largest absolute Gasteiger partial charge is 0.487 e. The van der Waals surface area contributed by atoms with Crippen LogP contribution in [0.5, 0.6) is 5.75 Å². The lowest BCUT2D eigenvalue weighted by molar-refractivity contribution is 0.302. The Balaban J connectivity index is 1.53. The van der Waals surface area contributed by atoms with E-state index in [0.29, 0.717) is 23.0 Å². The van der Waals surface area contributed by atoms with Gasteiger partial charge in [0, 0.05) is 22.9 Å². The predicted molar refractivity (Wildman–Crippen MR) is 134 cm³/mol. The monoisotopic (exact) mass is 455 g/mol. The van der Waals surface area contributed by atoms with Crippen LogP contribution in [-0.2, 0) is 11.3 Å². The second kappa shape index (κ2) is 10.1. The maximum absolute atomic E-state index is 8.32. The van der Waals surface area contributed by atoms with Gasteiger partial charge in [-0.3, -0.25) is 10.8 Å². The highest BCUT2D eigenvalue weighted by Gasteiger charge is 2.12. The molecular formula is C27H22ClN3O2. The van der Waals surface area contributed by atoms with Gasteiger partial charge < -0.3 is 9.47 Å². The van der Waals surface area contributed by atoms with Crippen LogP contribution >= 0.6 is 11.6 Å². The van der Waals surface area contributed by atoms with E-state index in [-0.39, 0.29) is 11.8 Å². The minimum absolute atomic E-state index is 0.0511. The van der Waals surface area contributed by atoms with E-state index in [0.717, 1.165) is 27.7 Å². The molecule has 3 aromatic carbocycles.